The molecule has 0 aromatic heterocycles. The van der Waals surface area contributed by atoms with Gasteiger partial charge in [-0.25, -0.2) is 0 Å². The summed E-state index contributed by atoms with van der Waals surface area (Å²) >= 11 is 0. The second kappa shape index (κ2) is 8.06. The number of allylic oxidation sites excluding steroid dienone is 1. The van der Waals surface area contributed by atoms with Gasteiger partial charge in [0, 0.05) is 6.54 Å². The lowest BCUT2D eigenvalue weighted by Crippen LogP contribution is -2.35. The largest absolute Gasteiger partial charge is 0.497 e. The van der Waals surface area contributed by atoms with Gasteiger partial charge in [0.25, 0.3) is 0 Å². The quantitative estimate of drug-likeness (QED) is 0.550. The highest BCUT2D eigenvalue weighted by molar-refractivity contribution is 5.90. The Kier molecular flexibility index (Phi) is 5.04. The van der Waals surface area contributed by atoms with E-state index in [-0.39, 0.29) is 0 Å². The molecule has 0 spiro atoms. The Labute approximate surface area is 190 Å². The maximum absolute atomic E-state index is 11.0. The van der Waals surface area contributed by atoms with Crippen molar-refractivity contribution in [1.29, 1.82) is 0 Å². The Hall–Kier alpha value is -2.62. The number of hydrogen-bond donors (Lipinski definition) is 1. The number of nitrogens with zero attached hydrogens (tertiary/aromatic N) is 1. The zero-order chi connectivity index (χ0) is 21.7. The monoisotopic (exact) mass is 425 g/mol. The van der Waals surface area contributed by atoms with Gasteiger partial charge in [-0.1, -0.05) is 48.6 Å². The molecule has 1 saturated carbocycles. The van der Waals surface area contributed by atoms with E-state index in [0.717, 1.165) is 55.6 Å². The standard InChI is InChI=1S/C29H31NO2/c1-32-24-7-4-6-23(16-24)29(31)19-11-13-30(14-12-19)18-27-25-8-3-2-5-20(25)15-22-10-9-21-17-26(21)28(22)27/h2-10,15-16,19,21,26,29,31H,11-14,17-18H2,1H3. The molecule has 2 fully saturated rings. The number of aliphatic hydroxyl groups is 1. The van der Waals surface area contributed by atoms with Crippen LogP contribution < -0.4 is 4.74 Å². The third-order valence-electron chi connectivity index (χ3n) is 7.86. The summed E-state index contributed by atoms with van der Waals surface area (Å²) < 4.78 is 5.34. The minimum Gasteiger partial charge on any atom is -0.497 e. The van der Waals surface area contributed by atoms with E-state index in [2.05, 4.69) is 47.4 Å². The van der Waals surface area contributed by atoms with Gasteiger partial charge in [-0.3, -0.25) is 4.90 Å². The van der Waals surface area contributed by atoms with Crippen LogP contribution >= 0.6 is 0 Å². The summed E-state index contributed by atoms with van der Waals surface area (Å²) in [4.78, 5) is 2.60. The molecule has 0 amide bonds. The van der Waals surface area contributed by atoms with Gasteiger partial charge in [0.1, 0.15) is 5.75 Å². The molecule has 6 rings (SSSR count). The maximum Gasteiger partial charge on any atom is 0.119 e. The predicted octanol–water partition coefficient (Wildman–Crippen LogP) is 5.92. The van der Waals surface area contributed by atoms with Gasteiger partial charge in [-0.05, 0) is 101 Å². The first-order chi connectivity index (χ1) is 15.7. The van der Waals surface area contributed by atoms with E-state index in [1.165, 1.54) is 22.8 Å². The topological polar surface area (TPSA) is 32.7 Å². The van der Waals surface area contributed by atoms with E-state index in [4.69, 9.17) is 4.74 Å². The Morgan fingerprint density at radius 3 is 2.75 bits per heavy atom. The minimum atomic E-state index is -0.421. The molecular formula is C29H31NO2. The highest BCUT2D eigenvalue weighted by Gasteiger charge is 2.41. The summed E-state index contributed by atoms with van der Waals surface area (Å²) in [6.07, 6.45) is 7.71. The summed E-state index contributed by atoms with van der Waals surface area (Å²) in [6, 6.07) is 19.2. The number of methoxy groups -OCH3 is 1. The van der Waals surface area contributed by atoms with Crippen LogP contribution in [0.25, 0.3) is 16.8 Å². The Morgan fingerprint density at radius 2 is 1.91 bits per heavy atom. The molecule has 3 aliphatic rings. The van der Waals surface area contributed by atoms with Crippen LogP contribution in [0.2, 0.25) is 0 Å². The molecule has 1 heterocycles. The summed E-state index contributed by atoms with van der Waals surface area (Å²) in [5, 5.41) is 13.8. The molecule has 3 aromatic rings. The fraction of sp³-hybridized carbons (Fsp3) is 0.379. The Balaban J connectivity index is 1.21. The van der Waals surface area contributed by atoms with Crippen molar-refractivity contribution in [2.75, 3.05) is 20.2 Å². The fourth-order valence-corrected chi connectivity index (χ4v) is 5.94. The SMILES string of the molecule is COc1cccc(C(O)C2CCN(Cc3c4c(cc5ccccc35)C=CC3CC43)CC2)c1. The molecule has 1 saturated heterocycles. The molecule has 3 heteroatoms. The van der Waals surface area contributed by atoms with Crippen LogP contribution in [0.1, 0.15) is 53.5 Å². The van der Waals surface area contributed by atoms with Crippen molar-refractivity contribution in [2.24, 2.45) is 11.8 Å². The first-order valence-electron chi connectivity index (χ1n) is 12.0. The average Bonchev–Trinajstić information content (AvgIpc) is 3.64. The average molecular weight is 426 g/mol. The molecule has 2 aliphatic carbocycles. The van der Waals surface area contributed by atoms with Crippen molar-refractivity contribution in [3.05, 3.63) is 82.9 Å². The van der Waals surface area contributed by atoms with E-state index < -0.39 is 6.10 Å². The molecule has 3 nitrogen and oxygen atoms in total. The lowest BCUT2D eigenvalue weighted by atomic mass is 9.85. The summed E-state index contributed by atoms with van der Waals surface area (Å²) in [6.45, 7) is 3.09. The molecule has 3 atom stereocenters. The third-order valence-corrected chi connectivity index (χ3v) is 7.86. The minimum absolute atomic E-state index is 0.301. The molecule has 1 N–H and O–H groups in total. The molecular weight excluding hydrogens is 394 g/mol. The molecule has 1 aliphatic heterocycles. The first-order valence-corrected chi connectivity index (χ1v) is 12.0. The van der Waals surface area contributed by atoms with Gasteiger partial charge in [0.2, 0.25) is 0 Å². The zero-order valence-corrected chi connectivity index (χ0v) is 18.7. The van der Waals surface area contributed by atoms with E-state index >= 15 is 0 Å². The molecule has 3 aromatic carbocycles. The number of likely N-dealkylation sites (tertiary alicyclic amines) is 1. The van der Waals surface area contributed by atoms with Gasteiger partial charge in [-0.2, -0.15) is 0 Å². The molecule has 32 heavy (non-hydrogen) atoms. The summed E-state index contributed by atoms with van der Waals surface area (Å²) in [7, 11) is 1.68. The van der Waals surface area contributed by atoms with Crippen LogP contribution in [0.15, 0.2) is 60.7 Å². The lowest BCUT2D eigenvalue weighted by Gasteiger charge is -2.35. The normalized spacial score (nSPS) is 23.6. The van der Waals surface area contributed by atoms with Crippen LogP contribution in [0, 0.1) is 11.8 Å². The summed E-state index contributed by atoms with van der Waals surface area (Å²) in [5.41, 5.74) is 5.55. The smallest absolute Gasteiger partial charge is 0.119 e. The van der Waals surface area contributed by atoms with Gasteiger partial charge in [-0.15, -0.1) is 0 Å². The number of piperidine rings is 1. The maximum atomic E-state index is 11.0. The van der Waals surface area contributed by atoms with Crippen LogP contribution in [0.4, 0.5) is 0 Å². The van der Waals surface area contributed by atoms with Crippen molar-refractivity contribution >= 4 is 16.8 Å². The van der Waals surface area contributed by atoms with Crippen LogP contribution in [0.3, 0.4) is 0 Å². The van der Waals surface area contributed by atoms with Gasteiger partial charge in [0.05, 0.1) is 13.2 Å². The van der Waals surface area contributed by atoms with E-state index in [1.54, 1.807) is 18.2 Å². The third kappa shape index (κ3) is 3.54. The molecule has 0 bridgehead atoms. The Bertz CT molecular complexity index is 1170. The van der Waals surface area contributed by atoms with Crippen LogP contribution in [0.5, 0.6) is 5.75 Å². The van der Waals surface area contributed by atoms with Crippen molar-refractivity contribution < 1.29 is 9.84 Å². The molecule has 3 unspecified atom stereocenters. The van der Waals surface area contributed by atoms with Crippen molar-refractivity contribution in [3.8, 4) is 5.75 Å². The van der Waals surface area contributed by atoms with Gasteiger partial charge >= 0.3 is 0 Å². The summed E-state index contributed by atoms with van der Waals surface area (Å²) in [5.74, 6) is 2.59. The van der Waals surface area contributed by atoms with Gasteiger partial charge in [0.15, 0.2) is 0 Å². The van der Waals surface area contributed by atoms with E-state index in [1.807, 2.05) is 24.3 Å². The number of ether oxygens (including phenoxy) is 1. The predicted molar refractivity (Wildman–Crippen MR) is 130 cm³/mol. The number of hydrogen-bond acceptors (Lipinski definition) is 3. The second-order valence-corrected chi connectivity index (χ2v) is 9.78. The zero-order valence-electron chi connectivity index (χ0n) is 18.7. The van der Waals surface area contributed by atoms with Crippen molar-refractivity contribution in [2.45, 2.75) is 37.8 Å². The molecule has 0 radical (unpaired) electrons. The van der Waals surface area contributed by atoms with Crippen molar-refractivity contribution in [1.82, 2.24) is 4.90 Å². The number of aliphatic hydroxyl groups excluding tert-OH is 1. The van der Waals surface area contributed by atoms with Crippen LogP contribution in [-0.4, -0.2) is 30.2 Å². The Morgan fingerprint density at radius 1 is 1.06 bits per heavy atom. The lowest BCUT2D eigenvalue weighted by molar-refractivity contribution is 0.0567. The van der Waals surface area contributed by atoms with Gasteiger partial charge < -0.3 is 9.84 Å². The number of rotatable bonds is 5. The first kappa shape index (κ1) is 20.0. The van der Waals surface area contributed by atoms with E-state index in [0.29, 0.717) is 5.92 Å². The number of benzene rings is 3. The molecule has 164 valence electrons. The fourth-order valence-electron chi connectivity index (χ4n) is 5.94. The number of fused-ring (bicyclic) bond motifs is 4. The highest BCUT2D eigenvalue weighted by Crippen LogP contribution is 2.55. The highest BCUT2D eigenvalue weighted by atomic mass is 16.5. The van der Waals surface area contributed by atoms with Crippen molar-refractivity contribution in [3.63, 3.8) is 0 Å². The van der Waals surface area contributed by atoms with E-state index in [9.17, 15) is 5.11 Å². The van der Waals surface area contributed by atoms with Crippen LogP contribution in [-0.2, 0) is 6.54 Å². The second-order valence-electron chi connectivity index (χ2n) is 9.78.